The number of aromatic nitrogens is 1. The van der Waals surface area contributed by atoms with Gasteiger partial charge in [-0.2, -0.15) is 4.39 Å². The van der Waals surface area contributed by atoms with Crippen molar-refractivity contribution in [3.05, 3.63) is 64.5 Å². The highest BCUT2D eigenvalue weighted by Crippen LogP contribution is 2.39. The lowest BCUT2D eigenvalue weighted by atomic mass is 9.91. The van der Waals surface area contributed by atoms with Crippen LogP contribution in [0.4, 0.5) is 4.39 Å². The number of fused-ring (bicyclic) bond motifs is 1. The van der Waals surface area contributed by atoms with Gasteiger partial charge in [0.25, 0.3) is 0 Å². The number of thiophene rings is 1. The van der Waals surface area contributed by atoms with Crippen LogP contribution >= 0.6 is 11.3 Å². The van der Waals surface area contributed by atoms with Gasteiger partial charge in [0.15, 0.2) is 0 Å². The van der Waals surface area contributed by atoms with Crippen molar-refractivity contribution >= 4 is 21.4 Å². The van der Waals surface area contributed by atoms with Crippen LogP contribution in [0.2, 0.25) is 0 Å². The van der Waals surface area contributed by atoms with Crippen molar-refractivity contribution in [2.75, 3.05) is 20.6 Å². The Labute approximate surface area is 140 Å². The number of likely N-dealkylation sites (N-methyl/N-ethyl adjacent to an activating group) is 1. The Bertz CT molecular complexity index is 810. The maximum atomic E-state index is 14.2. The smallest absolute Gasteiger partial charge is 0.216 e. The first-order valence-corrected chi connectivity index (χ1v) is 8.65. The first-order chi connectivity index (χ1) is 11.1. The molecule has 2 aromatic heterocycles. The molecule has 2 heterocycles. The van der Waals surface area contributed by atoms with E-state index < -0.39 is 0 Å². The van der Waals surface area contributed by atoms with E-state index in [4.69, 9.17) is 0 Å². The van der Waals surface area contributed by atoms with E-state index in [9.17, 15) is 4.39 Å². The summed E-state index contributed by atoms with van der Waals surface area (Å²) in [5, 5.41) is 1.24. The molecule has 3 rings (SSSR count). The van der Waals surface area contributed by atoms with Gasteiger partial charge in [-0.05, 0) is 43.6 Å². The third kappa shape index (κ3) is 3.28. The predicted molar refractivity (Wildman–Crippen MR) is 95.8 cm³/mol. The highest BCUT2D eigenvalue weighted by Gasteiger charge is 2.21. The van der Waals surface area contributed by atoms with Crippen molar-refractivity contribution in [1.82, 2.24) is 9.88 Å². The molecule has 0 aliphatic rings. The predicted octanol–water partition coefficient (Wildman–Crippen LogP) is 4.69. The van der Waals surface area contributed by atoms with Crippen LogP contribution in [-0.2, 0) is 6.42 Å². The first-order valence-electron chi connectivity index (χ1n) is 7.83. The Hall–Kier alpha value is -1.78. The maximum absolute atomic E-state index is 14.2. The number of hydrogen-bond donors (Lipinski definition) is 0. The molecule has 0 fully saturated rings. The molecule has 2 nitrogen and oxygen atoms in total. The second kappa shape index (κ2) is 6.77. The van der Waals surface area contributed by atoms with Gasteiger partial charge in [0, 0.05) is 33.8 Å². The van der Waals surface area contributed by atoms with Gasteiger partial charge in [-0.3, -0.25) is 0 Å². The van der Waals surface area contributed by atoms with E-state index in [2.05, 4.69) is 55.2 Å². The van der Waals surface area contributed by atoms with Crippen molar-refractivity contribution in [3.63, 3.8) is 0 Å². The molecule has 0 unspecified atom stereocenters. The van der Waals surface area contributed by atoms with Crippen LogP contribution in [0.15, 0.2) is 42.6 Å². The molecule has 23 heavy (non-hydrogen) atoms. The van der Waals surface area contributed by atoms with Crippen LogP contribution in [0.3, 0.4) is 0 Å². The third-order valence-corrected chi connectivity index (χ3v) is 5.43. The summed E-state index contributed by atoms with van der Waals surface area (Å²) < 4.78 is 15.4. The summed E-state index contributed by atoms with van der Waals surface area (Å²) >= 11 is 1.83. The Morgan fingerprint density at radius 2 is 2.04 bits per heavy atom. The molecule has 0 saturated carbocycles. The van der Waals surface area contributed by atoms with E-state index in [0.29, 0.717) is 5.56 Å². The van der Waals surface area contributed by atoms with Gasteiger partial charge in [-0.25, -0.2) is 4.98 Å². The molecule has 0 radical (unpaired) electrons. The number of halogens is 1. The van der Waals surface area contributed by atoms with Gasteiger partial charge in [-0.15, -0.1) is 11.3 Å². The first kappa shape index (κ1) is 16.1. The van der Waals surface area contributed by atoms with Crippen LogP contribution in [-0.4, -0.2) is 30.5 Å². The normalized spacial score (nSPS) is 12.9. The highest BCUT2D eigenvalue weighted by molar-refractivity contribution is 7.19. The fourth-order valence-corrected chi connectivity index (χ4v) is 4.27. The van der Waals surface area contributed by atoms with Gasteiger partial charge in [-0.1, -0.05) is 31.2 Å². The summed E-state index contributed by atoms with van der Waals surface area (Å²) in [6.07, 6.45) is 2.48. The van der Waals surface area contributed by atoms with E-state index in [-0.39, 0.29) is 11.9 Å². The third-order valence-electron chi connectivity index (χ3n) is 4.18. The molecule has 0 N–H and O–H groups in total. The van der Waals surface area contributed by atoms with Crippen LogP contribution in [0.1, 0.15) is 28.8 Å². The Morgan fingerprint density at radius 1 is 1.26 bits per heavy atom. The van der Waals surface area contributed by atoms with E-state index in [0.717, 1.165) is 13.0 Å². The van der Waals surface area contributed by atoms with Gasteiger partial charge < -0.3 is 4.90 Å². The number of hydrogen-bond acceptors (Lipinski definition) is 3. The molecule has 0 aliphatic heterocycles. The Balaban J connectivity index is 2.10. The molecule has 0 bridgehead atoms. The zero-order valence-electron chi connectivity index (χ0n) is 13.7. The summed E-state index contributed by atoms with van der Waals surface area (Å²) in [6, 6.07) is 12.1. The average molecular weight is 330 g/mol. The fourth-order valence-electron chi connectivity index (χ4n) is 2.98. The summed E-state index contributed by atoms with van der Waals surface area (Å²) in [5.74, 6) is -0.370. The Morgan fingerprint density at radius 3 is 2.78 bits per heavy atom. The summed E-state index contributed by atoms with van der Waals surface area (Å²) in [7, 11) is 4.16. The van der Waals surface area contributed by atoms with Crippen molar-refractivity contribution in [3.8, 4) is 0 Å². The quantitative estimate of drug-likeness (QED) is 0.631. The Kier molecular flexibility index (Phi) is 4.74. The number of nitrogens with zero attached hydrogens (tertiary/aromatic N) is 2. The minimum Gasteiger partial charge on any atom is -0.309 e. The summed E-state index contributed by atoms with van der Waals surface area (Å²) in [4.78, 5) is 7.35. The lowest BCUT2D eigenvalue weighted by Gasteiger charge is -2.16. The molecule has 1 atom stereocenters. The van der Waals surface area contributed by atoms with Crippen LogP contribution in [0, 0.1) is 5.95 Å². The molecule has 1 aromatic carbocycles. The molecule has 0 aliphatic carbocycles. The lowest BCUT2D eigenvalue weighted by Crippen LogP contribution is -2.15. The number of pyridine rings is 1. The van der Waals surface area contributed by atoms with Crippen LogP contribution < -0.4 is 0 Å². The van der Waals surface area contributed by atoms with Crippen molar-refractivity contribution in [1.29, 1.82) is 0 Å². The van der Waals surface area contributed by atoms with Gasteiger partial charge in [0.1, 0.15) is 0 Å². The average Bonchev–Trinajstić information content (AvgIpc) is 2.91. The lowest BCUT2D eigenvalue weighted by molar-refractivity contribution is 0.414. The molecule has 120 valence electrons. The molecule has 0 amide bonds. The maximum Gasteiger partial charge on any atom is 0.216 e. The summed E-state index contributed by atoms with van der Waals surface area (Å²) in [6.45, 7) is 3.07. The van der Waals surface area contributed by atoms with Gasteiger partial charge in [0.05, 0.1) is 0 Å². The van der Waals surface area contributed by atoms with Crippen LogP contribution in [0.5, 0.6) is 0 Å². The second-order valence-electron chi connectivity index (χ2n) is 6.09. The minimum atomic E-state index is -0.367. The molecular weight excluding hydrogens is 309 g/mol. The second-order valence-corrected chi connectivity index (χ2v) is 7.23. The van der Waals surface area contributed by atoms with Crippen molar-refractivity contribution in [2.45, 2.75) is 19.3 Å². The number of benzene rings is 1. The van der Waals surface area contributed by atoms with E-state index in [1.54, 1.807) is 0 Å². The fraction of sp³-hybridized carbons (Fsp3) is 0.316. The SMILES string of the molecule is C[C@@H](c1cccnc1F)c1c(CCN(C)[14CH3])sc2ccccc12. The zero-order chi connectivity index (χ0) is 16.4. The van der Waals surface area contributed by atoms with E-state index in [1.165, 1.54) is 26.7 Å². The monoisotopic (exact) mass is 330 g/mol. The zero-order valence-corrected chi connectivity index (χ0v) is 14.5. The van der Waals surface area contributed by atoms with Gasteiger partial charge in [0.2, 0.25) is 5.95 Å². The van der Waals surface area contributed by atoms with Crippen molar-refractivity contribution < 1.29 is 4.39 Å². The highest BCUT2D eigenvalue weighted by atomic mass is 32.1. The standard InChI is InChI=1S/C19H21FN2S/c1-13(14-8-6-11-21-19(14)20)18-15-7-4-5-9-16(15)23-17(18)10-12-22(2)3/h4-9,11,13H,10,12H2,1-3H3/t13-/m0/s1/i2+2. The van der Waals surface area contributed by atoms with E-state index >= 15 is 0 Å². The molecular formula is C19H21FN2S. The van der Waals surface area contributed by atoms with Crippen LogP contribution in [0.25, 0.3) is 10.1 Å². The summed E-state index contributed by atoms with van der Waals surface area (Å²) in [5.41, 5.74) is 1.92. The molecule has 0 spiro atoms. The topological polar surface area (TPSA) is 16.1 Å². The largest absolute Gasteiger partial charge is 0.309 e. The van der Waals surface area contributed by atoms with E-state index in [1.807, 2.05) is 23.5 Å². The van der Waals surface area contributed by atoms with Gasteiger partial charge >= 0.3 is 0 Å². The molecule has 0 saturated heterocycles. The molecule has 4 heteroatoms. The molecule has 3 aromatic rings. The minimum absolute atomic E-state index is 0.00277. The number of rotatable bonds is 5. The van der Waals surface area contributed by atoms with Crippen molar-refractivity contribution in [2.24, 2.45) is 0 Å².